The SMILES string of the molecule is c1ccc(Sc2ccc3nnc(-c4ccccc4)n3n2)cc1. The van der Waals surface area contributed by atoms with Gasteiger partial charge in [-0.25, -0.2) is 0 Å². The summed E-state index contributed by atoms with van der Waals surface area (Å²) in [5.41, 5.74) is 1.75. The molecule has 2 aromatic carbocycles. The van der Waals surface area contributed by atoms with Gasteiger partial charge in [-0.2, -0.15) is 9.61 Å². The first kappa shape index (κ1) is 13.0. The molecule has 0 radical (unpaired) electrons. The quantitative estimate of drug-likeness (QED) is 0.575. The summed E-state index contributed by atoms with van der Waals surface area (Å²) in [6.45, 7) is 0. The van der Waals surface area contributed by atoms with Crippen LogP contribution >= 0.6 is 11.8 Å². The van der Waals surface area contributed by atoms with Crippen molar-refractivity contribution in [1.29, 1.82) is 0 Å². The van der Waals surface area contributed by atoms with Crippen LogP contribution in [-0.4, -0.2) is 19.8 Å². The van der Waals surface area contributed by atoms with E-state index in [-0.39, 0.29) is 0 Å². The molecule has 0 aliphatic carbocycles. The van der Waals surface area contributed by atoms with E-state index in [0.717, 1.165) is 27.0 Å². The molecule has 0 amide bonds. The molecule has 0 saturated heterocycles. The summed E-state index contributed by atoms with van der Waals surface area (Å²) in [6, 6.07) is 24.1. The second-order valence-corrected chi connectivity index (χ2v) is 5.84. The fraction of sp³-hybridized carbons (Fsp3) is 0. The maximum Gasteiger partial charge on any atom is 0.185 e. The minimum atomic E-state index is 0.747. The third kappa shape index (κ3) is 2.46. The molecule has 0 atom stereocenters. The van der Waals surface area contributed by atoms with Gasteiger partial charge in [-0.05, 0) is 24.3 Å². The first-order valence-electron chi connectivity index (χ1n) is 6.91. The molecule has 4 nitrogen and oxygen atoms in total. The van der Waals surface area contributed by atoms with E-state index >= 15 is 0 Å². The van der Waals surface area contributed by atoms with E-state index in [2.05, 4.69) is 27.4 Å². The van der Waals surface area contributed by atoms with E-state index in [1.54, 1.807) is 16.3 Å². The summed E-state index contributed by atoms with van der Waals surface area (Å²) in [5, 5.41) is 14.0. The molecule has 0 unspecified atom stereocenters. The first-order chi connectivity index (χ1) is 10.9. The van der Waals surface area contributed by atoms with Gasteiger partial charge in [-0.15, -0.1) is 10.2 Å². The Morgan fingerprint density at radius 1 is 0.727 bits per heavy atom. The Balaban J connectivity index is 1.77. The van der Waals surface area contributed by atoms with Crippen LogP contribution in [0.15, 0.2) is 82.7 Å². The lowest BCUT2D eigenvalue weighted by Crippen LogP contribution is -1.96. The topological polar surface area (TPSA) is 43.1 Å². The predicted octanol–water partition coefficient (Wildman–Crippen LogP) is 3.94. The zero-order chi connectivity index (χ0) is 14.8. The van der Waals surface area contributed by atoms with E-state index in [9.17, 15) is 0 Å². The number of benzene rings is 2. The number of fused-ring (bicyclic) bond motifs is 1. The van der Waals surface area contributed by atoms with E-state index < -0.39 is 0 Å². The van der Waals surface area contributed by atoms with Crippen molar-refractivity contribution >= 4 is 17.4 Å². The molecule has 0 saturated carbocycles. The molecule has 4 aromatic rings. The van der Waals surface area contributed by atoms with Gasteiger partial charge in [0.2, 0.25) is 0 Å². The van der Waals surface area contributed by atoms with Gasteiger partial charge in [0.05, 0.1) is 0 Å². The molecule has 2 aromatic heterocycles. The maximum absolute atomic E-state index is 4.66. The van der Waals surface area contributed by atoms with Gasteiger partial charge in [0.1, 0.15) is 5.03 Å². The lowest BCUT2D eigenvalue weighted by Gasteiger charge is -2.03. The smallest absolute Gasteiger partial charge is 0.185 e. The number of nitrogens with zero attached hydrogens (tertiary/aromatic N) is 4. The van der Waals surface area contributed by atoms with Crippen molar-refractivity contribution in [3.05, 3.63) is 72.8 Å². The number of aromatic nitrogens is 4. The van der Waals surface area contributed by atoms with Crippen molar-refractivity contribution in [2.24, 2.45) is 0 Å². The minimum Gasteiger partial charge on any atom is -0.192 e. The highest BCUT2D eigenvalue weighted by molar-refractivity contribution is 7.99. The number of hydrogen-bond donors (Lipinski definition) is 0. The first-order valence-corrected chi connectivity index (χ1v) is 7.72. The molecular weight excluding hydrogens is 292 g/mol. The molecule has 0 fully saturated rings. The standard InChI is InChI=1S/C17H12N4S/c1-3-7-13(8-4-1)17-19-18-15-11-12-16(20-21(15)17)22-14-9-5-2-6-10-14/h1-12H. The zero-order valence-corrected chi connectivity index (χ0v) is 12.4. The van der Waals surface area contributed by atoms with Crippen LogP contribution in [0, 0.1) is 0 Å². The summed E-state index contributed by atoms with van der Waals surface area (Å²) in [5.74, 6) is 0.756. The highest BCUT2D eigenvalue weighted by Gasteiger charge is 2.10. The molecule has 0 spiro atoms. The van der Waals surface area contributed by atoms with E-state index in [0.29, 0.717) is 0 Å². The summed E-state index contributed by atoms with van der Waals surface area (Å²) in [6.07, 6.45) is 0. The van der Waals surface area contributed by atoms with Gasteiger partial charge >= 0.3 is 0 Å². The summed E-state index contributed by atoms with van der Waals surface area (Å²) >= 11 is 1.62. The Morgan fingerprint density at radius 2 is 1.45 bits per heavy atom. The van der Waals surface area contributed by atoms with Crippen LogP contribution < -0.4 is 0 Å². The molecule has 2 heterocycles. The van der Waals surface area contributed by atoms with Crippen LogP contribution in [0.1, 0.15) is 0 Å². The van der Waals surface area contributed by atoms with E-state index in [4.69, 9.17) is 0 Å². The average molecular weight is 304 g/mol. The largest absolute Gasteiger partial charge is 0.192 e. The fourth-order valence-electron chi connectivity index (χ4n) is 2.20. The molecule has 4 rings (SSSR count). The molecule has 5 heteroatoms. The van der Waals surface area contributed by atoms with Crippen molar-refractivity contribution < 1.29 is 0 Å². The molecule has 106 valence electrons. The average Bonchev–Trinajstić information content (AvgIpc) is 3.00. The van der Waals surface area contributed by atoms with Gasteiger partial charge in [0, 0.05) is 10.5 Å². The molecule has 0 aliphatic heterocycles. The number of hydrogen-bond acceptors (Lipinski definition) is 4. The lowest BCUT2D eigenvalue weighted by atomic mass is 10.2. The van der Waals surface area contributed by atoms with Crippen LogP contribution in [-0.2, 0) is 0 Å². The molecular formula is C17H12N4S. The third-order valence-corrected chi connectivity index (χ3v) is 4.17. The van der Waals surface area contributed by atoms with Gasteiger partial charge in [-0.3, -0.25) is 0 Å². The summed E-state index contributed by atoms with van der Waals surface area (Å²) in [7, 11) is 0. The zero-order valence-electron chi connectivity index (χ0n) is 11.6. The fourth-order valence-corrected chi connectivity index (χ4v) is 3.00. The normalized spacial score (nSPS) is 10.9. The molecule has 0 N–H and O–H groups in total. The highest BCUT2D eigenvalue weighted by Crippen LogP contribution is 2.26. The Kier molecular flexibility index (Phi) is 3.33. The Labute approximate surface area is 131 Å². The van der Waals surface area contributed by atoms with Crippen LogP contribution in [0.3, 0.4) is 0 Å². The Bertz CT molecular complexity index is 904. The third-order valence-electron chi connectivity index (χ3n) is 3.24. The Hall–Kier alpha value is -2.66. The lowest BCUT2D eigenvalue weighted by molar-refractivity contribution is 0.860. The van der Waals surface area contributed by atoms with Crippen LogP contribution in [0.2, 0.25) is 0 Å². The van der Waals surface area contributed by atoms with E-state index in [1.807, 2.05) is 60.7 Å². The predicted molar refractivity (Wildman–Crippen MR) is 86.8 cm³/mol. The van der Waals surface area contributed by atoms with Crippen molar-refractivity contribution in [2.45, 2.75) is 9.92 Å². The van der Waals surface area contributed by atoms with E-state index in [1.165, 1.54) is 0 Å². The molecule has 0 aliphatic rings. The van der Waals surface area contributed by atoms with Crippen molar-refractivity contribution in [2.75, 3.05) is 0 Å². The van der Waals surface area contributed by atoms with Crippen LogP contribution in [0.4, 0.5) is 0 Å². The van der Waals surface area contributed by atoms with Crippen LogP contribution in [0.5, 0.6) is 0 Å². The summed E-state index contributed by atoms with van der Waals surface area (Å²) in [4.78, 5) is 1.16. The minimum absolute atomic E-state index is 0.747. The van der Waals surface area contributed by atoms with Crippen molar-refractivity contribution in [1.82, 2.24) is 19.8 Å². The van der Waals surface area contributed by atoms with Crippen LogP contribution in [0.25, 0.3) is 17.0 Å². The Morgan fingerprint density at radius 3 is 2.23 bits per heavy atom. The van der Waals surface area contributed by atoms with Gasteiger partial charge in [0.25, 0.3) is 0 Å². The monoisotopic (exact) mass is 304 g/mol. The van der Waals surface area contributed by atoms with Gasteiger partial charge < -0.3 is 0 Å². The molecule has 0 bridgehead atoms. The maximum atomic E-state index is 4.66. The second-order valence-electron chi connectivity index (χ2n) is 4.75. The molecule has 22 heavy (non-hydrogen) atoms. The van der Waals surface area contributed by atoms with Gasteiger partial charge in [0.15, 0.2) is 11.5 Å². The second kappa shape index (κ2) is 5.61. The number of rotatable bonds is 3. The van der Waals surface area contributed by atoms with Crippen molar-refractivity contribution in [3.63, 3.8) is 0 Å². The highest BCUT2D eigenvalue weighted by atomic mass is 32.2. The van der Waals surface area contributed by atoms with Gasteiger partial charge in [-0.1, -0.05) is 60.3 Å². The van der Waals surface area contributed by atoms with Crippen molar-refractivity contribution in [3.8, 4) is 11.4 Å². The summed E-state index contributed by atoms with van der Waals surface area (Å²) < 4.78 is 1.79.